The van der Waals surface area contributed by atoms with Crippen molar-refractivity contribution < 1.29 is 19.7 Å². The maximum Gasteiger partial charge on any atom is 0.308 e. The van der Waals surface area contributed by atoms with Gasteiger partial charge in [0.05, 0.1) is 18.1 Å². The van der Waals surface area contributed by atoms with Crippen molar-refractivity contribution in [1.29, 1.82) is 0 Å². The standard InChI is InChI=1S/C24H33NO4/c1-10(2)21(28)29-17-14-11(3)5-23-8-13-18-22(4)6-12(26)7-24(18,19(23)16(14)27)20(15(17)23)25(13)9-22/h10,12-20,26-27H,3,5-9H2,1-2,4H3. The second-order valence-electron chi connectivity index (χ2n) is 12.3. The molecule has 0 aromatic carbocycles. The number of hydrogen-bond acceptors (Lipinski definition) is 5. The first-order valence-corrected chi connectivity index (χ1v) is 11.7. The van der Waals surface area contributed by atoms with E-state index in [1.54, 1.807) is 0 Å². The second-order valence-corrected chi connectivity index (χ2v) is 12.3. The summed E-state index contributed by atoms with van der Waals surface area (Å²) in [5.41, 5.74) is 1.22. The van der Waals surface area contributed by atoms with E-state index >= 15 is 0 Å². The third kappa shape index (κ3) is 1.57. The quantitative estimate of drug-likeness (QED) is 0.549. The minimum absolute atomic E-state index is 0.00216. The molecule has 0 aromatic heterocycles. The average molecular weight is 400 g/mol. The van der Waals surface area contributed by atoms with E-state index in [0.717, 1.165) is 37.8 Å². The Morgan fingerprint density at radius 3 is 2.72 bits per heavy atom. The van der Waals surface area contributed by atoms with Crippen LogP contribution in [0.4, 0.5) is 0 Å². The molecule has 5 heteroatoms. The first kappa shape index (κ1) is 17.7. The lowest BCUT2D eigenvalue weighted by Crippen LogP contribution is -2.68. The van der Waals surface area contributed by atoms with Crippen molar-refractivity contribution in [3.05, 3.63) is 12.2 Å². The first-order chi connectivity index (χ1) is 13.7. The van der Waals surface area contributed by atoms with Crippen molar-refractivity contribution in [2.45, 2.75) is 76.9 Å². The van der Waals surface area contributed by atoms with Gasteiger partial charge in [-0.2, -0.15) is 0 Å². The fourth-order valence-electron chi connectivity index (χ4n) is 11.1. The van der Waals surface area contributed by atoms with Crippen LogP contribution in [0.25, 0.3) is 0 Å². The third-order valence-corrected chi connectivity index (χ3v) is 10.8. The van der Waals surface area contributed by atoms with E-state index in [1.807, 2.05) is 13.8 Å². The lowest BCUT2D eigenvalue weighted by atomic mass is 9.39. The minimum Gasteiger partial charge on any atom is -0.461 e. The highest BCUT2D eigenvalue weighted by Crippen LogP contribution is 2.87. The summed E-state index contributed by atoms with van der Waals surface area (Å²) in [5, 5.41) is 22.7. The van der Waals surface area contributed by atoms with Crippen molar-refractivity contribution >= 4 is 5.97 Å². The molecular weight excluding hydrogens is 366 g/mol. The Morgan fingerprint density at radius 2 is 2.00 bits per heavy atom. The zero-order chi connectivity index (χ0) is 20.2. The molecule has 9 rings (SSSR count). The topological polar surface area (TPSA) is 70.0 Å². The highest BCUT2D eigenvalue weighted by molar-refractivity contribution is 5.72. The van der Waals surface area contributed by atoms with Crippen LogP contribution in [-0.4, -0.2) is 58.0 Å². The number of rotatable bonds is 2. The summed E-state index contributed by atoms with van der Waals surface area (Å²) in [6.07, 6.45) is 2.75. The van der Waals surface area contributed by atoms with Gasteiger partial charge in [-0.05, 0) is 53.8 Å². The lowest BCUT2D eigenvalue weighted by molar-refractivity contribution is -0.223. The van der Waals surface area contributed by atoms with Crippen LogP contribution in [0.15, 0.2) is 12.2 Å². The van der Waals surface area contributed by atoms with E-state index in [-0.39, 0.29) is 58.1 Å². The van der Waals surface area contributed by atoms with Crippen LogP contribution >= 0.6 is 0 Å². The Morgan fingerprint density at radius 1 is 1.24 bits per heavy atom. The Kier molecular flexibility index (Phi) is 2.93. The van der Waals surface area contributed by atoms with E-state index in [9.17, 15) is 15.0 Å². The van der Waals surface area contributed by atoms with Gasteiger partial charge in [-0.3, -0.25) is 9.69 Å². The van der Waals surface area contributed by atoms with Crippen LogP contribution in [0.2, 0.25) is 0 Å². The molecule has 3 aliphatic heterocycles. The molecule has 2 N–H and O–H groups in total. The van der Waals surface area contributed by atoms with E-state index < -0.39 is 6.10 Å². The number of hydrogen-bond donors (Lipinski definition) is 2. The highest BCUT2D eigenvalue weighted by atomic mass is 16.5. The Balaban J connectivity index is 1.43. The number of carbonyl (C=O) groups excluding carboxylic acids is 1. The zero-order valence-corrected chi connectivity index (χ0v) is 17.7. The molecule has 2 spiro atoms. The molecule has 13 atom stereocenters. The molecular formula is C24H33NO4. The molecule has 9 bridgehead atoms. The van der Waals surface area contributed by atoms with Gasteiger partial charge < -0.3 is 14.9 Å². The van der Waals surface area contributed by atoms with E-state index in [1.165, 1.54) is 0 Å². The summed E-state index contributed by atoms with van der Waals surface area (Å²) in [6.45, 7) is 11.6. The van der Waals surface area contributed by atoms with Gasteiger partial charge in [-0.1, -0.05) is 32.9 Å². The number of aliphatic hydroxyl groups is 2. The Bertz CT molecular complexity index is 856. The highest BCUT2D eigenvalue weighted by Gasteiger charge is 2.90. The zero-order valence-electron chi connectivity index (χ0n) is 17.7. The summed E-state index contributed by atoms with van der Waals surface area (Å²) in [6, 6.07) is 0.915. The molecule has 3 saturated heterocycles. The number of aliphatic hydroxyl groups excluding tert-OH is 2. The second kappa shape index (κ2) is 4.78. The summed E-state index contributed by atoms with van der Waals surface area (Å²) >= 11 is 0. The molecule has 0 radical (unpaired) electrons. The van der Waals surface area contributed by atoms with Gasteiger partial charge in [0, 0.05) is 30.5 Å². The van der Waals surface area contributed by atoms with Crippen molar-refractivity contribution in [3.63, 3.8) is 0 Å². The fourth-order valence-corrected chi connectivity index (χ4v) is 11.1. The summed E-state index contributed by atoms with van der Waals surface area (Å²) in [7, 11) is 0. The number of piperidine rings is 2. The number of esters is 1. The van der Waals surface area contributed by atoms with Crippen molar-refractivity contribution in [3.8, 4) is 0 Å². The van der Waals surface area contributed by atoms with Crippen LogP contribution in [0, 0.1) is 45.8 Å². The van der Waals surface area contributed by atoms with Crippen LogP contribution in [0.5, 0.6) is 0 Å². The van der Waals surface area contributed by atoms with Gasteiger partial charge in [-0.15, -0.1) is 0 Å². The maximum absolute atomic E-state index is 12.7. The molecule has 29 heavy (non-hydrogen) atoms. The molecule has 6 aliphatic carbocycles. The van der Waals surface area contributed by atoms with Crippen LogP contribution in [0.3, 0.4) is 0 Å². The lowest BCUT2D eigenvalue weighted by Gasteiger charge is -2.66. The molecule has 9 fully saturated rings. The normalized spacial score (nSPS) is 65.0. The summed E-state index contributed by atoms with van der Waals surface area (Å²) < 4.78 is 6.20. The fraction of sp³-hybridized carbons (Fsp3) is 0.875. The van der Waals surface area contributed by atoms with Crippen LogP contribution < -0.4 is 0 Å². The van der Waals surface area contributed by atoms with Crippen molar-refractivity contribution in [1.82, 2.24) is 4.90 Å². The molecule has 0 amide bonds. The average Bonchev–Trinajstić information content (AvgIpc) is 3.02. The number of fused-ring (bicyclic) bond motifs is 1. The van der Waals surface area contributed by atoms with Gasteiger partial charge in [0.2, 0.25) is 0 Å². The van der Waals surface area contributed by atoms with E-state index in [4.69, 9.17) is 4.74 Å². The summed E-state index contributed by atoms with van der Waals surface area (Å²) in [5.74, 6) is 0.600. The molecule has 9 aliphatic rings. The predicted octanol–water partition coefficient (Wildman–Crippen LogP) is 1.97. The molecule has 6 saturated carbocycles. The number of nitrogens with zero attached hydrogens (tertiary/aromatic N) is 1. The minimum atomic E-state index is -0.501. The van der Waals surface area contributed by atoms with Gasteiger partial charge >= 0.3 is 5.97 Å². The molecule has 13 unspecified atom stereocenters. The smallest absolute Gasteiger partial charge is 0.308 e. The van der Waals surface area contributed by atoms with Gasteiger partial charge in [0.1, 0.15) is 6.10 Å². The van der Waals surface area contributed by atoms with Crippen LogP contribution in [-0.2, 0) is 9.53 Å². The SMILES string of the molecule is C=C1CC23CC4C5C6(C)CC(O)CC57C(C2C(OC(=O)C(C)C)C1C(O)C37)N4C6. The summed E-state index contributed by atoms with van der Waals surface area (Å²) in [4.78, 5) is 15.4. The van der Waals surface area contributed by atoms with Crippen LogP contribution in [0.1, 0.15) is 46.5 Å². The maximum atomic E-state index is 12.7. The van der Waals surface area contributed by atoms with Gasteiger partial charge in [-0.25, -0.2) is 0 Å². The largest absolute Gasteiger partial charge is 0.461 e. The van der Waals surface area contributed by atoms with Crippen molar-refractivity contribution in [2.75, 3.05) is 6.54 Å². The molecule has 0 aromatic rings. The number of ether oxygens (including phenoxy) is 1. The Hall–Kier alpha value is -0.910. The van der Waals surface area contributed by atoms with Gasteiger partial charge in [0.15, 0.2) is 0 Å². The van der Waals surface area contributed by atoms with Crippen molar-refractivity contribution in [2.24, 2.45) is 45.8 Å². The molecule has 158 valence electrons. The monoisotopic (exact) mass is 399 g/mol. The first-order valence-electron chi connectivity index (χ1n) is 11.7. The van der Waals surface area contributed by atoms with E-state index in [0.29, 0.717) is 18.0 Å². The third-order valence-electron chi connectivity index (χ3n) is 10.8. The predicted molar refractivity (Wildman–Crippen MR) is 106 cm³/mol. The van der Waals surface area contributed by atoms with Gasteiger partial charge in [0.25, 0.3) is 0 Å². The Labute approximate surface area is 172 Å². The van der Waals surface area contributed by atoms with E-state index in [2.05, 4.69) is 18.4 Å². The molecule has 5 nitrogen and oxygen atoms in total. The number of carbonyl (C=O) groups is 1. The molecule has 3 heterocycles.